The van der Waals surface area contributed by atoms with Gasteiger partial charge in [-0.05, 0) is 27.7 Å². The van der Waals surface area contributed by atoms with Crippen LogP contribution in [0.5, 0.6) is 0 Å². The van der Waals surface area contributed by atoms with E-state index in [0.29, 0.717) is 0 Å². The maximum atomic E-state index is 9.73. The molecule has 0 amide bonds. The molecular formula is C13H20O6. The molecule has 0 spiro atoms. The van der Waals surface area contributed by atoms with Gasteiger partial charge in [0.1, 0.15) is 0 Å². The van der Waals surface area contributed by atoms with Crippen molar-refractivity contribution in [3.8, 4) is 0 Å². The van der Waals surface area contributed by atoms with E-state index < -0.39 is 17.9 Å². The number of carboxylic acids is 3. The summed E-state index contributed by atoms with van der Waals surface area (Å²) in [7, 11) is 0. The maximum absolute atomic E-state index is 9.73. The Morgan fingerprint density at radius 1 is 0.789 bits per heavy atom. The highest BCUT2D eigenvalue weighted by atomic mass is 16.4. The van der Waals surface area contributed by atoms with Crippen LogP contribution in [0.15, 0.2) is 36.0 Å². The molecule has 0 atom stereocenters. The monoisotopic (exact) mass is 272 g/mol. The molecule has 0 saturated heterocycles. The molecule has 0 aliphatic heterocycles. The maximum Gasteiger partial charge on any atom is 0.330 e. The first-order chi connectivity index (χ1) is 8.41. The van der Waals surface area contributed by atoms with Crippen molar-refractivity contribution in [1.29, 1.82) is 0 Å². The number of rotatable bonds is 3. The fourth-order valence-corrected chi connectivity index (χ4v) is 0.247. The lowest BCUT2D eigenvalue weighted by Crippen LogP contribution is -1.92. The lowest BCUT2D eigenvalue weighted by molar-refractivity contribution is -0.133. The van der Waals surface area contributed by atoms with Gasteiger partial charge in [0.05, 0.1) is 0 Å². The van der Waals surface area contributed by atoms with Crippen molar-refractivity contribution in [2.24, 2.45) is 0 Å². The fourth-order valence-electron chi connectivity index (χ4n) is 0.247. The second-order valence-electron chi connectivity index (χ2n) is 3.73. The normalized spacial score (nSPS) is 7.58. The highest BCUT2D eigenvalue weighted by molar-refractivity contribution is 5.85. The Morgan fingerprint density at radius 3 is 1.00 bits per heavy atom. The van der Waals surface area contributed by atoms with Crippen molar-refractivity contribution >= 4 is 17.9 Å². The molecule has 0 saturated carbocycles. The number of hydrogen-bond acceptors (Lipinski definition) is 3. The Bertz CT molecular complexity index is 338. The van der Waals surface area contributed by atoms with Crippen molar-refractivity contribution in [3.63, 3.8) is 0 Å². The van der Waals surface area contributed by atoms with Gasteiger partial charge in [0, 0.05) is 17.2 Å². The zero-order valence-corrected chi connectivity index (χ0v) is 11.6. The lowest BCUT2D eigenvalue weighted by Gasteiger charge is -1.79. The van der Waals surface area contributed by atoms with Crippen LogP contribution in [-0.2, 0) is 14.4 Å². The van der Waals surface area contributed by atoms with Gasteiger partial charge in [0.15, 0.2) is 0 Å². The Hall–Kier alpha value is -2.37. The third-order valence-corrected chi connectivity index (χ3v) is 1.14. The van der Waals surface area contributed by atoms with Gasteiger partial charge >= 0.3 is 17.9 Å². The van der Waals surface area contributed by atoms with E-state index in [1.165, 1.54) is 19.9 Å². The van der Waals surface area contributed by atoms with Gasteiger partial charge in [0.2, 0.25) is 0 Å². The van der Waals surface area contributed by atoms with Crippen LogP contribution in [0.25, 0.3) is 0 Å². The van der Waals surface area contributed by atoms with Gasteiger partial charge in [-0.3, -0.25) is 0 Å². The SMILES string of the molecule is C=C(C)C(=O)O.C=C(C)C(=O)O.CC(C)=CC(=O)O. The summed E-state index contributed by atoms with van der Waals surface area (Å²) in [6, 6.07) is 0. The van der Waals surface area contributed by atoms with Crippen molar-refractivity contribution < 1.29 is 29.7 Å². The largest absolute Gasteiger partial charge is 0.478 e. The standard InChI is InChI=1S/C5H8O2.2C4H6O2/c1-4(2)3-5(6)7;2*1-3(2)4(5)6/h3H,1-2H3,(H,6,7);2*1H2,2H3,(H,5,6). The van der Waals surface area contributed by atoms with Crippen LogP contribution in [0, 0.1) is 0 Å². The fraction of sp³-hybridized carbons (Fsp3) is 0.308. The summed E-state index contributed by atoms with van der Waals surface area (Å²) >= 11 is 0. The first-order valence-corrected chi connectivity index (χ1v) is 5.07. The van der Waals surface area contributed by atoms with Gasteiger partial charge in [-0.1, -0.05) is 18.7 Å². The molecule has 3 N–H and O–H groups in total. The van der Waals surface area contributed by atoms with Gasteiger partial charge in [-0.15, -0.1) is 0 Å². The highest BCUT2D eigenvalue weighted by Crippen LogP contribution is 1.85. The van der Waals surface area contributed by atoms with Crippen LogP contribution in [0.4, 0.5) is 0 Å². The minimum atomic E-state index is -0.935. The Labute approximate surface area is 112 Å². The Morgan fingerprint density at radius 2 is 1.00 bits per heavy atom. The van der Waals surface area contributed by atoms with E-state index >= 15 is 0 Å². The third kappa shape index (κ3) is 31.3. The highest BCUT2D eigenvalue weighted by Gasteiger charge is 1.90. The summed E-state index contributed by atoms with van der Waals surface area (Å²) in [5.74, 6) is -2.75. The van der Waals surface area contributed by atoms with E-state index in [9.17, 15) is 14.4 Å². The van der Waals surface area contributed by atoms with Crippen molar-refractivity contribution in [3.05, 3.63) is 36.0 Å². The van der Waals surface area contributed by atoms with E-state index in [0.717, 1.165) is 5.57 Å². The molecule has 108 valence electrons. The predicted molar refractivity (Wildman–Crippen MR) is 72.0 cm³/mol. The van der Waals surface area contributed by atoms with Gasteiger partial charge < -0.3 is 15.3 Å². The Balaban J connectivity index is -0.000000203. The number of carbonyl (C=O) groups is 3. The molecular weight excluding hydrogens is 252 g/mol. The molecule has 0 aromatic heterocycles. The molecule has 0 aliphatic carbocycles. The molecule has 0 aromatic carbocycles. The summed E-state index contributed by atoms with van der Waals surface area (Å²) < 4.78 is 0. The summed E-state index contributed by atoms with van der Waals surface area (Å²) in [5, 5.41) is 23.8. The van der Waals surface area contributed by atoms with Crippen molar-refractivity contribution in [1.82, 2.24) is 0 Å². The van der Waals surface area contributed by atoms with Crippen LogP contribution in [0.2, 0.25) is 0 Å². The van der Waals surface area contributed by atoms with E-state index in [-0.39, 0.29) is 11.1 Å². The summed E-state index contributed by atoms with van der Waals surface area (Å²) in [4.78, 5) is 28.9. The quantitative estimate of drug-likeness (QED) is 0.680. The van der Waals surface area contributed by atoms with E-state index in [1.807, 2.05) is 0 Å². The smallest absolute Gasteiger partial charge is 0.330 e. The second-order valence-corrected chi connectivity index (χ2v) is 3.73. The van der Waals surface area contributed by atoms with Crippen LogP contribution in [0.1, 0.15) is 27.7 Å². The average Bonchev–Trinajstić information content (AvgIpc) is 2.16. The lowest BCUT2D eigenvalue weighted by atomic mass is 10.3. The van der Waals surface area contributed by atoms with Crippen molar-refractivity contribution in [2.75, 3.05) is 0 Å². The van der Waals surface area contributed by atoms with Gasteiger partial charge in [-0.25, -0.2) is 14.4 Å². The molecule has 0 bridgehead atoms. The second kappa shape index (κ2) is 12.1. The summed E-state index contributed by atoms with van der Waals surface area (Å²) in [6.45, 7) is 12.7. The Kier molecular flexibility index (Phi) is 13.9. The molecule has 6 nitrogen and oxygen atoms in total. The van der Waals surface area contributed by atoms with Crippen LogP contribution >= 0.6 is 0 Å². The van der Waals surface area contributed by atoms with Crippen LogP contribution in [-0.4, -0.2) is 33.2 Å². The molecule has 0 heterocycles. The minimum absolute atomic E-state index is 0.176. The summed E-state index contributed by atoms with van der Waals surface area (Å²) in [6.07, 6.45) is 1.17. The molecule has 0 aromatic rings. The molecule has 0 fully saturated rings. The number of carboxylic acid groups (broad SMARTS) is 3. The van der Waals surface area contributed by atoms with E-state index in [1.54, 1.807) is 13.8 Å². The molecule has 0 rings (SSSR count). The van der Waals surface area contributed by atoms with Gasteiger partial charge in [0.25, 0.3) is 0 Å². The minimum Gasteiger partial charge on any atom is -0.478 e. The molecule has 0 radical (unpaired) electrons. The number of aliphatic carboxylic acids is 3. The van der Waals surface area contributed by atoms with Crippen LogP contribution < -0.4 is 0 Å². The van der Waals surface area contributed by atoms with Crippen LogP contribution in [0.3, 0.4) is 0 Å². The predicted octanol–water partition coefficient (Wildman–Crippen LogP) is 2.33. The number of allylic oxidation sites excluding steroid dienone is 1. The summed E-state index contributed by atoms with van der Waals surface area (Å²) in [5.41, 5.74) is 1.16. The molecule has 0 aliphatic rings. The zero-order chi connectivity index (χ0) is 16.2. The van der Waals surface area contributed by atoms with E-state index in [4.69, 9.17) is 15.3 Å². The third-order valence-electron chi connectivity index (χ3n) is 1.14. The average molecular weight is 272 g/mol. The number of hydrogen-bond donors (Lipinski definition) is 3. The molecule has 19 heavy (non-hydrogen) atoms. The van der Waals surface area contributed by atoms with Gasteiger partial charge in [-0.2, -0.15) is 0 Å². The first kappa shape index (κ1) is 21.9. The topological polar surface area (TPSA) is 112 Å². The molecule has 0 unspecified atom stereocenters. The van der Waals surface area contributed by atoms with Crippen molar-refractivity contribution in [2.45, 2.75) is 27.7 Å². The first-order valence-electron chi connectivity index (χ1n) is 5.07. The molecule has 6 heteroatoms. The zero-order valence-electron chi connectivity index (χ0n) is 11.6. The van der Waals surface area contributed by atoms with E-state index in [2.05, 4.69) is 13.2 Å².